The highest BCUT2D eigenvalue weighted by molar-refractivity contribution is 7.99. The van der Waals surface area contributed by atoms with Gasteiger partial charge < -0.3 is 11.1 Å². The SMILES string of the molecule is CCSC1CCC(Nc2cc(C(F)(F)F)cc(N)n2)C1. The quantitative estimate of drug-likeness (QED) is 0.889. The number of nitrogens with zero attached hydrogens (tertiary/aromatic N) is 1. The number of halogens is 3. The summed E-state index contributed by atoms with van der Waals surface area (Å²) >= 11 is 1.90. The van der Waals surface area contributed by atoms with Gasteiger partial charge in [-0.25, -0.2) is 4.98 Å². The lowest BCUT2D eigenvalue weighted by Gasteiger charge is -2.16. The summed E-state index contributed by atoms with van der Waals surface area (Å²) in [5.41, 5.74) is 4.69. The summed E-state index contributed by atoms with van der Waals surface area (Å²) in [5, 5.41) is 3.66. The molecule has 20 heavy (non-hydrogen) atoms. The zero-order valence-electron chi connectivity index (χ0n) is 11.2. The van der Waals surface area contributed by atoms with Crippen molar-refractivity contribution in [1.29, 1.82) is 0 Å². The third kappa shape index (κ3) is 3.94. The Labute approximate surface area is 120 Å². The number of aromatic nitrogens is 1. The van der Waals surface area contributed by atoms with E-state index in [0.29, 0.717) is 5.25 Å². The van der Waals surface area contributed by atoms with Crippen LogP contribution in [0.15, 0.2) is 12.1 Å². The predicted molar refractivity (Wildman–Crippen MR) is 76.8 cm³/mol. The van der Waals surface area contributed by atoms with E-state index in [1.807, 2.05) is 11.8 Å². The van der Waals surface area contributed by atoms with Crippen LogP contribution in [0.3, 0.4) is 0 Å². The molecular weight excluding hydrogens is 287 g/mol. The van der Waals surface area contributed by atoms with Crippen LogP contribution in [0.1, 0.15) is 31.7 Å². The van der Waals surface area contributed by atoms with Gasteiger partial charge in [0.2, 0.25) is 0 Å². The number of nitrogens with two attached hydrogens (primary N) is 1. The van der Waals surface area contributed by atoms with Crippen molar-refractivity contribution in [1.82, 2.24) is 4.98 Å². The second-order valence-corrected chi connectivity index (χ2v) is 6.47. The lowest BCUT2D eigenvalue weighted by Crippen LogP contribution is -2.18. The minimum atomic E-state index is -4.40. The number of pyridine rings is 1. The van der Waals surface area contributed by atoms with Crippen molar-refractivity contribution in [2.24, 2.45) is 0 Å². The van der Waals surface area contributed by atoms with Gasteiger partial charge in [0.15, 0.2) is 0 Å². The first-order valence-corrected chi connectivity index (χ1v) is 7.66. The summed E-state index contributed by atoms with van der Waals surface area (Å²) in [7, 11) is 0. The summed E-state index contributed by atoms with van der Waals surface area (Å²) in [6.07, 6.45) is -1.40. The van der Waals surface area contributed by atoms with E-state index in [2.05, 4.69) is 17.2 Å². The molecular formula is C13H18F3N3S. The molecule has 3 nitrogen and oxygen atoms in total. The zero-order valence-corrected chi connectivity index (χ0v) is 12.0. The molecule has 2 rings (SSSR count). The fourth-order valence-corrected chi connectivity index (χ4v) is 3.60. The van der Waals surface area contributed by atoms with Gasteiger partial charge in [-0.1, -0.05) is 6.92 Å². The van der Waals surface area contributed by atoms with Crippen LogP contribution in [0.2, 0.25) is 0 Å². The van der Waals surface area contributed by atoms with Crippen molar-refractivity contribution in [2.45, 2.75) is 43.7 Å². The van der Waals surface area contributed by atoms with E-state index in [4.69, 9.17) is 5.73 Å². The first kappa shape index (κ1) is 15.3. The maximum absolute atomic E-state index is 12.7. The normalized spacial score (nSPS) is 23.0. The molecule has 0 saturated heterocycles. The van der Waals surface area contributed by atoms with Crippen molar-refractivity contribution in [3.63, 3.8) is 0 Å². The van der Waals surface area contributed by atoms with E-state index in [-0.39, 0.29) is 17.7 Å². The largest absolute Gasteiger partial charge is 0.416 e. The number of thioether (sulfide) groups is 1. The van der Waals surface area contributed by atoms with Gasteiger partial charge in [0.1, 0.15) is 11.6 Å². The summed E-state index contributed by atoms with van der Waals surface area (Å²) in [4.78, 5) is 3.94. The molecule has 0 bridgehead atoms. The average Bonchev–Trinajstić information content (AvgIpc) is 2.75. The Balaban J connectivity index is 2.05. The predicted octanol–water partition coefficient (Wildman–Crippen LogP) is 3.77. The minimum Gasteiger partial charge on any atom is -0.384 e. The van der Waals surface area contributed by atoms with Crippen molar-refractivity contribution in [2.75, 3.05) is 16.8 Å². The number of alkyl halides is 3. The second kappa shape index (κ2) is 6.11. The molecule has 0 radical (unpaired) electrons. The van der Waals surface area contributed by atoms with Gasteiger partial charge in [-0.05, 0) is 37.1 Å². The fraction of sp³-hybridized carbons (Fsp3) is 0.615. The molecule has 0 amide bonds. The van der Waals surface area contributed by atoms with Gasteiger partial charge in [-0.15, -0.1) is 0 Å². The van der Waals surface area contributed by atoms with Gasteiger partial charge in [0.05, 0.1) is 5.56 Å². The Kier molecular flexibility index (Phi) is 4.67. The van der Waals surface area contributed by atoms with E-state index in [1.54, 1.807) is 0 Å². The highest BCUT2D eigenvalue weighted by Gasteiger charge is 2.32. The highest BCUT2D eigenvalue weighted by atomic mass is 32.2. The third-order valence-electron chi connectivity index (χ3n) is 3.31. The molecule has 1 heterocycles. The molecule has 1 aromatic rings. The summed E-state index contributed by atoms with van der Waals surface area (Å²) in [5.74, 6) is 1.16. The summed E-state index contributed by atoms with van der Waals surface area (Å²) in [6, 6.07) is 2.06. The smallest absolute Gasteiger partial charge is 0.384 e. The number of hydrogen-bond donors (Lipinski definition) is 2. The van der Waals surface area contributed by atoms with E-state index >= 15 is 0 Å². The van der Waals surface area contributed by atoms with E-state index in [0.717, 1.165) is 37.1 Å². The standard InChI is InChI=1S/C13H18F3N3S/c1-2-20-10-4-3-9(7-10)18-12-6-8(13(14,15)16)5-11(17)19-12/h5-6,9-10H,2-4,7H2,1H3,(H3,17,18,19). The van der Waals surface area contributed by atoms with Gasteiger partial charge in [-0.2, -0.15) is 24.9 Å². The number of rotatable bonds is 4. The molecule has 0 aliphatic heterocycles. The average molecular weight is 305 g/mol. The molecule has 1 aliphatic carbocycles. The maximum Gasteiger partial charge on any atom is 0.416 e. The highest BCUT2D eigenvalue weighted by Crippen LogP contribution is 2.34. The molecule has 2 unspecified atom stereocenters. The van der Waals surface area contributed by atoms with Crippen molar-refractivity contribution in [3.8, 4) is 0 Å². The Bertz CT molecular complexity index is 465. The van der Waals surface area contributed by atoms with Gasteiger partial charge >= 0.3 is 6.18 Å². The van der Waals surface area contributed by atoms with Crippen LogP contribution < -0.4 is 11.1 Å². The van der Waals surface area contributed by atoms with E-state index in [1.165, 1.54) is 0 Å². The minimum absolute atomic E-state index is 0.111. The molecule has 0 spiro atoms. The van der Waals surface area contributed by atoms with Crippen molar-refractivity contribution >= 4 is 23.4 Å². The topological polar surface area (TPSA) is 50.9 Å². The fourth-order valence-electron chi connectivity index (χ4n) is 2.46. The van der Waals surface area contributed by atoms with Crippen molar-refractivity contribution in [3.05, 3.63) is 17.7 Å². The second-order valence-electron chi connectivity index (χ2n) is 4.90. The molecule has 2 atom stereocenters. The maximum atomic E-state index is 12.7. The monoisotopic (exact) mass is 305 g/mol. The van der Waals surface area contributed by atoms with Crippen LogP contribution in [0.5, 0.6) is 0 Å². The number of anilines is 2. The van der Waals surface area contributed by atoms with Gasteiger partial charge in [-0.3, -0.25) is 0 Å². The number of hydrogen-bond acceptors (Lipinski definition) is 4. The van der Waals surface area contributed by atoms with Gasteiger partial charge in [0.25, 0.3) is 0 Å². The first-order chi connectivity index (χ1) is 9.38. The molecule has 1 aliphatic rings. The molecule has 1 aromatic heterocycles. The zero-order chi connectivity index (χ0) is 14.8. The molecule has 1 fully saturated rings. The van der Waals surface area contributed by atoms with E-state index in [9.17, 15) is 13.2 Å². The van der Waals surface area contributed by atoms with Crippen LogP contribution in [0.4, 0.5) is 24.8 Å². The summed E-state index contributed by atoms with van der Waals surface area (Å²) in [6.45, 7) is 2.11. The molecule has 3 N–H and O–H groups in total. The van der Waals surface area contributed by atoms with Gasteiger partial charge in [0, 0.05) is 11.3 Å². The van der Waals surface area contributed by atoms with E-state index < -0.39 is 11.7 Å². The number of nitrogen functional groups attached to an aromatic ring is 1. The van der Waals surface area contributed by atoms with Crippen LogP contribution >= 0.6 is 11.8 Å². The van der Waals surface area contributed by atoms with Crippen LogP contribution in [-0.2, 0) is 6.18 Å². The molecule has 7 heteroatoms. The Morgan fingerprint density at radius 3 is 2.80 bits per heavy atom. The molecule has 112 valence electrons. The Hall–Kier alpha value is -1.11. The third-order valence-corrected chi connectivity index (χ3v) is 4.54. The van der Waals surface area contributed by atoms with Crippen LogP contribution in [0.25, 0.3) is 0 Å². The van der Waals surface area contributed by atoms with Crippen LogP contribution in [0, 0.1) is 0 Å². The summed E-state index contributed by atoms with van der Waals surface area (Å²) < 4.78 is 38.1. The lowest BCUT2D eigenvalue weighted by atomic mass is 10.2. The first-order valence-electron chi connectivity index (χ1n) is 6.61. The molecule has 0 aromatic carbocycles. The number of nitrogens with one attached hydrogen (secondary N) is 1. The molecule has 1 saturated carbocycles. The lowest BCUT2D eigenvalue weighted by molar-refractivity contribution is -0.137. The Morgan fingerprint density at radius 2 is 2.15 bits per heavy atom. The van der Waals surface area contributed by atoms with Crippen molar-refractivity contribution < 1.29 is 13.2 Å². The Morgan fingerprint density at radius 1 is 1.40 bits per heavy atom. The van der Waals surface area contributed by atoms with Crippen LogP contribution in [-0.4, -0.2) is 22.0 Å².